The molecule has 1 atom stereocenters. The normalized spacial score (nSPS) is 20.1. The number of amides is 1. The number of pyridine rings is 1. The number of aromatic nitrogens is 1. The van der Waals surface area contributed by atoms with Crippen molar-refractivity contribution in [3.05, 3.63) is 82.6 Å². The number of hydrogen-bond donors (Lipinski definition) is 1. The lowest BCUT2D eigenvalue weighted by atomic mass is 9.70. The van der Waals surface area contributed by atoms with Crippen LogP contribution in [0.25, 0.3) is 0 Å². The van der Waals surface area contributed by atoms with Gasteiger partial charge in [0.05, 0.1) is 45.2 Å². The number of thioether (sulfide) groups is 1. The lowest BCUT2D eigenvalue weighted by molar-refractivity contribution is 0.102. The van der Waals surface area contributed by atoms with E-state index in [1.165, 1.54) is 24.5 Å². The quantitative estimate of drug-likeness (QED) is 0.432. The lowest BCUT2D eigenvalue weighted by Gasteiger charge is -2.41. The number of anilines is 2. The van der Waals surface area contributed by atoms with E-state index in [1.54, 1.807) is 34.6 Å². The Labute approximate surface area is 231 Å². The molecule has 2 fully saturated rings. The maximum Gasteiger partial charge on any atom is 0.264 e. The van der Waals surface area contributed by atoms with Crippen molar-refractivity contribution >= 4 is 50.7 Å². The first-order chi connectivity index (χ1) is 18.3. The topological polar surface area (TPSA) is 103 Å². The minimum atomic E-state index is -3.90. The number of hydrogen-bond acceptors (Lipinski definition) is 6. The number of nitrogens with one attached hydrogen (secondary N) is 1. The zero-order valence-corrected chi connectivity index (χ0v) is 22.8. The van der Waals surface area contributed by atoms with Crippen LogP contribution >= 0.6 is 23.4 Å². The molecule has 3 aromatic rings. The van der Waals surface area contributed by atoms with E-state index < -0.39 is 10.0 Å². The fourth-order valence-corrected chi connectivity index (χ4v) is 9.13. The maximum atomic E-state index is 14.2. The summed E-state index contributed by atoms with van der Waals surface area (Å²) in [6.45, 7) is 0. The van der Waals surface area contributed by atoms with Crippen molar-refractivity contribution in [2.45, 2.75) is 42.0 Å². The molecule has 1 unspecified atom stereocenters. The van der Waals surface area contributed by atoms with Crippen molar-refractivity contribution in [2.75, 3.05) is 21.1 Å². The summed E-state index contributed by atoms with van der Waals surface area (Å²) in [5.74, 6) is 1.86. The van der Waals surface area contributed by atoms with Crippen molar-refractivity contribution < 1.29 is 13.2 Å². The predicted octanol–water partition coefficient (Wildman–Crippen LogP) is 5.61. The van der Waals surface area contributed by atoms with Crippen molar-refractivity contribution in [2.24, 2.45) is 5.92 Å². The second-order valence-corrected chi connectivity index (χ2v) is 13.5. The Bertz CT molecular complexity index is 1560. The molecule has 2 aromatic carbocycles. The van der Waals surface area contributed by atoms with E-state index in [0.717, 1.165) is 42.8 Å². The molecule has 7 nitrogen and oxygen atoms in total. The van der Waals surface area contributed by atoms with E-state index in [1.807, 2.05) is 17.8 Å². The van der Waals surface area contributed by atoms with Crippen molar-refractivity contribution in [3.8, 4) is 6.07 Å². The summed E-state index contributed by atoms with van der Waals surface area (Å²) in [6.07, 6.45) is 6.72. The molecule has 1 spiro atoms. The highest BCUT2D eigenvalue weighted by atomic mass is 35.5. The summed E-state index contributed by atoms with van der Waals surface area (Å²) in [4.78, 5) is 17.4. The molecule has 38 heavy (non-hydrogen) atoms. The van der Waals surface area contributed by atoms with E-state index in [-0.39, 0.29) is 28.2 Å². The van der Waals surface area contributed by atoms with Gasteiger partial charge in [-0.25, -0.2) is 8.42 Å². The van der Waals surface area contributed by atoms with Gasteiger partial charge in [0.15, 0.2) is 0 Å². The highest BCUT2D eigenvalue weighted by Crippen LogP contribution is 2.59. The number of carbonyl (C=O) groups is 1. The standard InChI is InChI=1S/C28H25ClN4O3S2/c29-21-14-22(17-31-16-21)32-27(34)20-5-8-25-24(13-20)28(9-11-37-12-10-28)26(19-3-4-19)33(25)38(35,36)23-6-1-18(15-30)2-7-23/h1-2,5-8,13-14,16-17,19,26H,3-4,9-12H2,(H,32,34). The highest BCUT2D eigenvalue weighted by molar-refractivity contribution is 7.99. The van der Waals surface area contributed by atoms with Gasteiger partial charge in [-0.1, -0.05) is 11.6 Å². The van der Waals surface area contributed by atoms with Gasteiger partial charge < -0.3 is 5.32 Å². The van der Waals surface area contributed by atoms with Crippen LogP contribution in [0.4, 0.5) is 11.4 Å². The first-order valence-electron chi connectivity index (χ1n) is 12.5. The molecule has 1 saturated heterocycles. The Hall–Kier alpha value is -3.06. The predicted molar refractivity (Wildman–Crippen MR) is 149 cm³/mol. The summed E-state index contributed by atoms with van der Waals surface area (Å²) in [5, 5.41) is 12.5. The van der Waals surface area contributed by atoms with Crippen LogP contribution in [0.2, 0.25) is 5.02 Å². The van der Waals surface area contributed by atoms with Crippen molar-refractivity contribution in [1.29, 1.82) is 5.26 Å². The van der Waals surface area contributed by atoms with Gasteiger partial charge in [-0.05, 0) is 97.2 Å². The van der Waals surface area contributed by atoms with E-state index in [0.29, 0.717) is 27.5 Å². The number of halogens is 1. The summed E-state index contributed by atoms with van der Waals surface area (Å²) in [6, 6.07) is 15.0. The van der Waals surface area contributed by atoms with Gasteiger partial charge in [-0.3, -0.25) is 14.1 Å². The molecule has 1 aromatic heterocycles. The minimum absolute atomic E-state index is 0.172. The molecule has 1 N–H and O–H groups in total. The Morgan fingerprint density at radius 1 is 1.11 bits per heavy atom. The number of nitriles is 1. The van der Waals surface area contributed by atoms with Gasteiger partial charge in [-0.2, -0.15) is 17.0 Å². The van der Waals surface area contributed by atoms with Crippen LogP contribution in [0.5, 0.6) is 0 Å². The van der Waals surface area contributed by atoms with Crippen molar-refractivity contribution in [1.82, 2.24) is 4.98 Å². The monoisotopic (exact) mass is 564 g/mol. The average molecular weight is 565 g/mol. The van der Waals surface area contributed by atoms with Crippen LogP contribution in [0.1, 0.15) is 47.2 Å². The first-order valence-corrected chi connectivity index (χ1v) is 15.5. The van der Waals surface area contributed by atoms with E-state index in [4.69, 9.17) is 11.6 Å². The summed E-state index contributed by atoms with van der Waals surface area (Å²) in [7, 11) is -3.90. The SMILES string of the molecule is N#Cc1ccc(S(=O)(=O)N2c3ccc(C(=O)Nc4cncc(Cl)c4)cc3C3(CCSCC3)C2C2CC2)cc1. The number of sulfonamides is 1. The van der Waals surface area contributed by atoms with Crippen LogP contribution in [-0.4, -0.2) is 36.9 Å². The lowest BCUT2D eigenvalue weighted by Crippen LogP contribution is -2.50. The van der Waals surface area contributed by atoms with Crippen LogP contribution in [0.3, 0.4) is 0 Å². The Kier molecular flexibility index (Phi) is 6.37. The fraction of sp³-hybridized carbons (Fsp3) is 0.321. The number of carbonyl (C=O) groups excluding carboxylic acids is 1. The first kappa shape index (κ1) is 25.2. The average Bonchev–Trinajstić information content (AvgIpc) is 3.73. The van der Waals surface area contributed by atoms with Crippen LogP contribution < -0.4 is 9.62 Å². The largest absolute Gasteiger partial charge is 0.321 e. The Balaban J connectivity index is 1.46. The third kappa shape index (κ3) is 4.25. The molecular weight excluding hydrogens is 540 g/mol. The second-order valence-electron chi connectivity index (χ2n) is 10.1. The highest BCUT2D eigenvalue weighted by Gasteiger charge is 2.59. The van der Waals surface area contributed by atoms with Crippen LogP contribution in [-0.2, 0) is 15.4 Å². The fourth-order valence-electron chi connectivity index (χ4n) is 5.93. The molecule has 6 rings (SSSR count). The van der Waals surface area contributed by atoms with Gasteiger partial charge in [0.1, 0.15) is 0 Å². The smallest absolute Gasteiger partial charge is 0.264 e. The zero-order chi connectivity index (χ0) is 26.5. The van der Waals surface area contributed by atoms with Gasteiger partial charge in [0.2, 0.25) is 0 Å². The molecule has 0 radical (unpaired) electrons. The van der Waals surface area contributed by atoms with E-state index in [2.05, 4.69) is 16.4 Å². The van der Waals surface area contributed by atoms with Gasteiger partial charge >= 0.3 is 0 Å². The molecular formula is C28H25ClN4O3S2. The number of benzene rings is 2. The van der Waals surface area contributed by atoms with Gasteiger partial charge in [0, 0.05) is 17.2 Å². The van der Waals surface area contributed by atoms with Crippen molar-refractivity contribution in [3.63, 3.8) is 0 Å². The van der Waals surface area contributed by atoms with Crippen LogP contribution in [0, 0.1) is 17.2 Å². The minimum Gasteiger partial charge on any atom is -0.321 e. The third-order valence-corrected chi connectivity index (χ3v) is 10.8. The molecule has 3 heterocycles. The number of nitrogens with zero attached hydrogens (tertiary/aromatic N) is 3. The van der Waals surface area contributed by atoms with E-state index >= 15 is 0 Å². The van der Waals surface area contributed by atoms with Gasteiger partial charge in [-0.15, -0.1) is 0 Å². The summed E-state index contributed by atoms with van der Waals surface area (Å²) >= 11 is 7.92. The van der Waals surface area contributed by atoms with Gasteiger partial charge in [0.25, 0.3) is 15.9 Å². The summed E-state index contributed by atoms with van der Waals surface area (Å²) in [5.41, 5.74) is 2.61. The molecule has 1 saturated carbocycles. The number of fused-ring (bicyclic) bond motifs is 2. The third-order valence-electron chi connectivity index (χ3n) is 7.81. The molecule has 10 heteroatoms. The Morgan fingerprint density at radius 2 is 1.84 bits per heavy atom. The molecule has 2 aliphatic heterocycles. The summed E-state index contributed by atoms with van der Waals surface area (Å²) < 4.78 is 30.0. The molecule has 1 amide bonds. The molecule has 194 valence electrons. The van der Waals surface area contributed by atoms with E-state index in [9.17, 15) is 18.5 Å². The zero-order valence-electron chi connectivity index (χ0n) is 20.4. The molecule has 0 bridgehead atoms. The second kappa shape index (κ2) is 9.60. The Morgan fingerprint density at radius 3 is 2.50 bits per heavy atom. The molecule has 1 aliphatic carbocycles. The maximum absolute atomic E-state index is 14.2. The number of rotatable bonds is 5. The van der Waals surface area contributed by atoms with Crippen LogP contribution in [0.15, 0.2) is 65.8 Å². The molecule has 3 aliphatic rings.